The number of carbonyl (C=O) groups excluding carboxylic acids is 1. The third kappa shape index (κ3) is 7.23. The first-order chi connectivity index (χ1) is 12.5. The molecule has 0 aliphatic heterocycles. The van der Waals surface area contributed by atoms with Crippen LogP contribution in [0.1, 0.15) is 36.2 Å². The van der Waals surface area contributed by atoms with Gasteiger partial charge < -0.3 is 10.1 Å². The van der Waals surface area contributed by atoms with E-state index < -0.39 is 0 Å². The fourth-order valence-corrected chi connectivity index (χ4v) is 2.49. The van der Waals surface area contributed by atoms with Gasteiger partial charge in [0.25, 0.3) is 5.91 Å². The zero-order valence-electron chi connectivity index (χ0n) is 15.3. The van der Waals surface area contributed by atoms with Crippen molar-refractivity contribution in [3.8, 4) is 5.75 Å². The van der Waals surface area contributed by atoms with Gasteiger partial charge in [-0.15, -0.1) is 0 Å². The highest BCUT2D eigenvalue weighted by Crippen LogP contribution is 2.13. The Morgan fingerprint density at radius 2 is 1.77 bits per heavy atom. The Kier molecular flexibility index (Phi) is 8.09. The minimum Gasteiger partial charge on any atom is -0.494 e. The van der Waals surface area contributed by atoms with Gasteiger partial charge in [0.1, 0.15) is 5.75 Å². The summed E-state index contributed by atoms with van der Waals surface area (Å²) in [5.41, 5.74) is 1.77. The summed E-state index contributed by atoms with van der Waals surface area (Å²) in [6.07, 6.45) is 1.85. The van der Waals surface area contributed by atoms with E-state index in [4.69, 9.17) is 17.0 Å². The van der Waals surface area contributed by atoms with Crippen LogP contribution in [-0.4, -0.2) is 24.2 Å². The monoisotopic (exact) mass is 370 g/mol. The van der Waals surface area contributed by atoms with Crippen LogP contribution < -0.4 is 15.4 Å². The molecule has 2 rings (SSSR count). The average Bonchev–Trinajstić information content (AvgIpc) is 2.63. The molecule has 0 fully saturated rings. The number of thiocarbonyl (C=S) groups is 1. The van der Waals surface area contributed by atoms with Crippen molar-refractivity contribution in [2.75, 3.05) is 13.2 Å². The molecule has 0 aliphatic rings. The molecule has 0 heterocycles. The third-order valence-corrected chi connectivity index (χ3v) is 4.10. The fourth-order valence-electron chi connectivity index (χ4n) is 2.30. The van der Waals surface area contributed by atoms with Crippen LogP contribution in [-0.2, 0) is 6.42 Å². The van der Waals surface area contributed by atoms with Crippen molar-refractivity contribution in [2.24, 2.45) is 5.92 Å². The highest BCUT2D eigenvalue weighted by Gasteiger charge is 2.08. The molecular weight excluding hydrogens is 344 g/mol. The van der Waals surface area contributed by atoms with Gasteiger partial charge in [0.15, 0.2) is 5.11 Å². The minimum atomic E-state index is -0.226. The van der Waals surface area contributed by atoms with E-state index in [2.05, 4.69) is 36.6 Å². The fraction of sp³-hybridized carbons (Fsp3) is 0.333. The highest BCUT2D eigenvalue weighted by atomic mass is 32.1. The van der Waals surface area contributed by atoms with Gasteiger partial charge in [-0.05, 0) is 60.8 Å². The Morgan fingerprint density at radius 3 is 2.42 bits per heavy atom. The molecule has 0 saturated carbocycles. The molecular formula is C21H26N2O2S. The molecule has 0 saturated heterocycles. The van der Waals surface area contributed by atoms with Crippen LogP contribution in [0.15, 0.2) is 54.6 Å². The van der Waals surface area contributed by atoms with Gasteiger partial charge in [0, 0.05) is 12.1 Å². The molecule has 138 valence electrons. The summed E-state index contributed by atoms with van der Waals surface area (Å²) in [7, 11) is 0. The summed E-state index contributed by atoms with van der Waals surface area (Å²) in [6, 6.07) is 17.2. The predicted octanol–water partition coefficient (Wildman–Crippen LogP) is 3.96. The number of ether oxygens (including phenoxy) is 1. The van der Waals surface area contributed by atoms with E-state index in [0.29, 0.717) is 29.7 Å². The first-order valence-electron chi connectivity index (χ1n) is 8.90. The van der Waals surface area contributed by atoms with Crippen molar-refractivity contribution in [1.29, 1.82) is 0 Å². The van der Waals surface area contributed by atoms with Gasteiger partial charge in [-0.2, -0.15) is 0 Å². The van der Waals surface area contributed by atoms with Gasteiger partial charge in [0.05, 0.1) is 6.61 Å². The lowest BCUT2D eigenvalue weighted by atomic mass is 10.1. The SMILES string of the molecule is CC(C)CCOc1ccc(C(=O)NC(=S)NCCc2ccccc2)cc1. The number of rotatable bonds is 8. The number of hydrogen-bond acceptors (Lipinski definition) is 3. The maximum absolute atomic E-state index is 12.2. The Bertz CT molecular complexity index is 700. The average molecular weight is 371 g/mol. The Balaban J connectivity index is 1.73. The topological polar surface area (TPSA) is 50.4 Å². The zero-order chi connectivity index (χ0) is 18.8. The summed E-state index contributed by atoms with van der Waals surface area (Å²) in [5, 5.41) is 6.09. The number of hydrogen-bond donors (Lipinski definition) is 2. The quantitative estimate of drug-likeness (QED) is 0.691. The lowest BCUT2D eigenvalue weighted by molar-refractivity contribution is 0.0976. The van der Waals surface area contributed by atoms with Gasteiger partial charge in [0.2, 0.25) is 0 Å². The minimum absolute atomic E-state index is 0.226. The standard InChI is InChI=1S/C21H26N2O2S/c1-16(2)13-15-25-19-10-8-18(9-11-19)20(24)23-21(26)22-14-12-17-6-4-3-5-7-17/h3-11,16H,12-15H2,1-2H3,(H2,22,23,24,26). The lowest BCUT2D eigenvalue weighted by Crippen LogP contribution is -2.40. The van der Waals surface area contributed by atoms with E-state index in [-0.39, 0.29) is 5.91 Å². The second-order valence-corrected chi connectivity index (χ2v) is 6.91. The molecule has 2 N–H and O–H groups in total. The van der Waals surface area contributed by atoms with Gasteiger partial charge in [-0.3, -0.25) is 10.1 Å². The van der Waals surface area contributed by atoms with Crippen molar-refractivity contribution in [2.45, 2.75) is 26.7 Å². The summed E-state index contributed by atoms with van der Waals surface area (Å²) in [6.45, 7) is 5.67. The third-order valence-electron chi connectivity index (χ3n) is 3.85. The number of nitrogens with one attached hydrogen (secondary N) is 2. The normalized spacial score (nSPS) is 10.4. The largest absolute Gasteiger partial charge is 0.494 e. The van der Waals surface area contributed by atoms with E-state index in [1.54, 1.807) is 24.3 Å². The maximum Gasteiger partial charge on any atom is 0.257 e. The lowest BCUT2D eigenvalue weighted by Gasteiger charge is -2.11. The van der Waals surface area contributed by atoms with Gasteiger partial charge in [-0.1, -0.05) is 44.2 Å². The predicted molar refractivity (Wildman–Crippen MR) is 110 cm³/mol. The number of carbonyl (C=O) groups is 1. The second-order valence-electron chi connectivity index (χ2n) is 6.50. The van der Waals surface area contributed by atoms with Crippen LogP contribution in [0.25, 0.3) is 0 Å². The molecule has 0 aliphatic carbocycles. The van der Waals surface area contributed by atoms with Crippen molar-refractivity contribution >= 4 is 23.2 Å². The molecule has 0 bridgehead atoms. The van der Waals surface area contributed by atoms with E-state index in [9.17, 15) is 4.79 Å². The summed E-state index contributed by atoms with van der Waals surface area (Å²) in [4.78, 5) is 12.2. The van der Waals surface area contributed by atoms with Crippen LogP contribution in [0.4, 0.5) is 0 Å². The Labute approximate surface area is 161 Å². The molecule has 2 aromatic carbocycles. The van der Waals surface area contributed by atoms with Crippen LogP contribution in [0.2, 0.25) is 0 Å². The van der Waals surface area contributed by atoms with E-state index in [1.807, 2.05) is 18.2 Å². The Hall–Kier alpha value is -2.40. The first-order valence-corrected chi connectivity index (χ1v) is 9.31. The van der Waals surface area contributed by atoms with Gasteiger partial charge in [-0.25, -0.2) is 0 Å². The molecule has 0 aromatic heterocycles. The van der Waals surface area contributed by atoms with Crippen molar-refractivity contribution < 1.29 is 9.53 Å². The highest BCUT2D eigenvalue weighted by molar-refractivity contribution is 7.80. The second kappa shape index (κ2) is 10.6. The molecule has 2 aromatic rings. The zero-order valence-corrected chi connectivity index (χ0v) is 16.1. The van der Waals surface area contributed by atoms with E-state index in [1.165, 1.54) is 5.56 Å². The molecule has 0 atom stereocenters. The smallest absolute Gasteiger partial charge is 0.257 e. The van der Waals surface area contributed by atoms with Gasteiger partial charge >= 0.3 is 0 Å². The van der Waals surface area contributed by atoms with Crippen LogP contribution in [0.5, 0.6) is 5.75 Å². The van der Waals surface area contributed by atoms with Crippen molar-refractivity contribution in [3.05, 3.63) is 65.7 Å². The first kappa shape index (κ1) is 19.9. The number of amides is 1. The van der Waals surface area contributed by atoms with Crippen molar-refractivity contribution in [3.63, 3.8) is 0 Å². The molecule has 0 radical (unpaired) electrons. The van der Waals surface area contributed by atoms with Crippen LogP contribution >= 0.6 is 12.2 Å². The van der Waals surface area contributed by atoms with E-state index in [0.717, 1.165) is 18.6 Å². The molecule has 0 unspecified atom stereocenters. The molecule has 1 amide bonds. The number of benzene rings is 2. The maximum atomic E-state index is 12.2. The summed E-state index contributed by atoms with van der Waals surface area (Å²) < 4.78 is 5.66. The molecule has 26 heavy (non-hydrogen) atoms. The van der Waals surface area contributed by atoms with Crippen LogP contribution in [0.3, 0.4) is 0 Å². The molecule has 0 spiro atoms. The summed E-state index contributed by atoms with van der Waals surface area (Å²) >= 11 is 5.19. The molecule has 4 nitrogen and oxygen atoms in total. The van der Waals surface area contributed by atoms with E-state index >= 15 is 0 Å². The summed E-state index contributed by atoms with van der Waals surface area (Å²) in [5.74, 6) is 1.15. The van der Waals surface area contributed by atoms with Crippen LogP contribution in [0, 0.1) is 5.92 Å². The van der Waals surface area contributed by atoms with Crippen molar-refractivity contribution in [1.82, 2.24) is 10.6 Å². The Morgan fingerprint density at radius 1 is 1.08 bits per heavy atom. The molecule has 5 heteroatoms.